The summed E-state index contributed by atoms with van der Waals surface area (Å²) in [5.41, 5.74) is 4.33. The number of carbonyl (C=O) groups excluding carboxylic acids is 2. The maximum absolute atomic E-state index is 12.3. The number of carbonyl (C=O) groups is 2. The fourth-order valence-corrected chi connectivity index (χ4v) is 2.67. The van der Waals surface area contributed by atoms with Crippen LogP contribution in [0.3, 0.4) is 0 Å². The van der Waals surface area contributed by atoms with E-state index < -0.39 is 28.5 Å². The minimum Gasteiger partial charge on any atom is -0.542 e. The van der Waals surface area contributed by atoms with Gasteiger partial charge in [0.2, 0.25) is 0 Å². The second kappa shape index (κ2) is 7.45. The van der Waals surface area contributed by atoms with Crippen molar-refractivity contribution in [1.82, 2.24) is 0 Å². The molecule has 0 saturated carbocycles. The van der Waals surface area contributed by atoms with Crippen LogP contribution in [0.2, 0.25) is 0 Å². The molecule has 0 radical (unpaired) electrons. The maximum atomic E-state index is 12.3. The number of primary amides is 1. The first-order chi connectivity index (χ1) is 11.8. The Labute approximate surface area is 167 Å². The molecule has 0 aliphatic heterocycles. The average Bonchev–Trinajstić information content (AvgIpc) is 2.55. The predicted octanol–water partition coefficient (Wildman–Crippen LogP) is -2.68. The van der Waals surface area contributed by atoms with E-state index in [-0.39, 0.29) is 57.3 Å². The number of carboxylic acid groups (broad SMARTS) is 1. The van der Waals surface area contributed by atoms with E-state index in [1.54, 1.807) is 0 Å². The molecular formula is C17H12NNaO7. The van der Waals surface area contributed by atoms with E-state index in [2.05, 4.69) is 0 Å². The molecule has 3 rings (SSSR count). The van der Waals surface area contributed by atoms with E-state index in [0.29, 0.717) is 18.4 Å². The van der Waals surface area contributed by atoms with E-state index >= 15 is 0 Å². The molecule has 0 bridgehead atoms. The van der Waals surface area contributed by atoms with Crippen LogP contribution in [-0.4, -0.2) is 11.9 Å². The van der Waals surface area contributed by atoms with Gasteiger partial charge in [0, 0.05) is 17.7 Å². The Bertz CT molecular complexity index is 1070. The quantitative estimate of drug-likeness (QED) is 0.392. The minimum atomic E-state index is -1.64. The zero-order valence-electron chi connectivity index (χ0n) is 14.1. The van der Waals surface area contributed by atoms with E-state index in [1.807, 2.05) is 6.92 Å². The van der Waals surface area contributed by atoms with E-state index in [9.17, 15) is 24.3 Å². The summed E-state index contributed by atoms with van der Waals surface area (Å²) in [5.74, 6) is -3.55. The summed E-state index contributed by atoms with van der Waals surface area (Å²) in [6.07, 6.45) is 0.899. The molecule has 0 spiro atoms. The van der Waals surface area contributed by atoms with Crippen molar-refractivity contribution in [3.8, 4) is 0 Å². The van der Waals surface area contributed by atoms with Gasteiger partial charge in [0.25, 0.3) is 5.91 Å². The van der Waals surface area contributed by atoms with Gasteiger partial charge in [-0.2, -0.15) is 0 Å². The van der Waals surface area contributed by atoms with Crippen LogP contribution in [0.4, 0.5) is 0 Å². The topological polar surface area (TPSA) is 144 Å². The van der Waals surface area contributed by atoms with Crippen LogP contribution in [0.1, 0.15) is 40.0 Å². The largest absolute Gasteiger partial charge is 1.00 e. The number of hydrogen-bond acceptors (Lipinski definition) is 7. The van der Waals surface area contributed by atoms with Gasteiger partial charge in [-0.15, -0.1) is 0 Å². The van der Waals surface area contributed by atoms with E-state index in [0.717, 1.165) is 12.1 Å². The molecule has 1 amide bonds. The molecule has 1 aromatic carbocycles. The number of nitrogens with two attached hydrogens (primary N) is 1. The first-order valence-electron chi connectivity index (χ1n) is 7.42. The van der Waals surface area contributed by atoms with Crippen molar-refractivity contribution in [2.75, 3.05) is 0 Å². The molecule has 26 heavy (non-hydrogen) atoms. The molecule has 2 N–H and O–H groups in total. The third kappa shape index (κ3) is 3.31. The molecule has 9 heteroatoms. The van der Waals surface area contributed by atoms with E-state index in [1.165, 1.54) is 6.07 Å². The maximum Gasteiger partial charge on any atom is 1.00 e. The van der Waals surface area contributed by atoms with Gasteiger partial charge < -0.3 is 24.5 Å². The molecule has 0 unspecified atom stereocenters. The molecule has 2 aromatic heterocycles. The summed E-state index contributed by atoms with van der Waals surface area (Å²) in [7, 11) is 0. The van der Waals surface area contributed by atoms with Gasteiger partial charge in [0.15, 0.2) is 22.4 Å². The summed E-state index contributed by atoms with van der Waals surface area (Å²) in [4.78, 5) is 46.9. The Morgan fingerprint density at radius 2 is 1.50 bits per heavy atom. The van der Waals surface area contributed by atoms with Gasteiger partial charge in [-0.25, -0.2) is 0 Å². The third-order valence-corrected chi connectivity index (χ3v) is 3.75. The van der Waals surface area contributed by atoms with Crippen molar-refractivity contribution in [1.29, 1.82) is 0 Å². The van der Waals surface area contributed by atoms with Crippen LogP contribution < -0.4 is 51.3 Å². The number of aryl methyl sites for hydroxylation is 1. The number of amides is 1. The van der Waals surface area contributed by atoms with Crippen LogP contribution in [-0.2, 0) is 6.42 Å². The predicted molar refractivity (Wildman–Crippen MR) is 85.4 cm³/mol. The van der Waals surface area contributed by atoms with Gasteiger partial charge in [-0.05, 0) is 12.5 Å². The first-order valence-corrected chi connectivity index (χ1v) is 7.42. The summed E-state index contributed by atoms with van der Waals surface area (Å²) in [5, 5.41) is 11.2. The molecule has 0 aliphatic rings. The number of aromatic carboxylic acids is 1. The van der Waals surface area contributed by atoms with Crippen molar-refractivity contribution in [2.45, 2.75) is 19.8 Å². The zero-order valence-corrected chi connectivity index (χ0v) is 16.1. The van der Waals surface area contributed by atoms with Crippen LogP contribution in [0.15, 0.2) is 36.6 Å². The van der Waals surface area contributed by atoms with Crippen molar-refractivity contribution >= 4 is 33.8 Å². The van der Waals surface area contributed by atoms with Crippen LogP contribution >= 0.6 is 0 Å². The number of hydrogen-bond donors (Lipinski definition) is 1. The van der Waals surface area contributed by atoms with Crippen LogP contribution in [0, 0.1) is 0 Å². The normalized spacial score (nSPS) is 10.7. The van der Waals surface area contributed by atoms with Crippen molar-refractivity contribution in [3.05, 3.63) is 55.7 Å². The Balaban J connectivity index is 0.00000243. The van der Waals surface area contributed by atoms with Gasteiger partial charge in [0.1, 0.15) is 17.1 Å². The van der Waals surface area contributed by atoms with Gasteiger partial charge in [-0.1, -0.05) is 13.3 Å². The number of carboxylic acids is 1. The third-order valence-electron chi connectivity index (χ3n) is 3.75. The van der Waals surface area contributed by atoms with Crippen LogP contribution in [0.25, 0.3) is 21.9 Å². The smallest absolute Gasteiger partial charge is 0.542 e. The molecule has 2 heterocycles. The second-order valence-corrected chi connectivity index (χ2v) is 5.46. The Kier molecular flexibility index (Phi) is 5.70. The summed E-state index contributed by atoms with van der Waals surface area (Å²) < 4.78 is 10.7. The summed E-state index contributed by atoms with van der Waals surface area (Å²) >= 11 is 0. The summed E-state index contributed by atoms with van der Waals surface area (Å²) in [6.45, 7) is 1.83. The Hall–Kier alpha value is -2.42. The minimum absolute atomic E-state index is 0. The van der Waals surface area contributed by atoms with Gasteiger partial charge in [-0.3, -0.25) is 14.4 Å². The molecule has 0 saturated heterocycles. The SMILES string of the molecule is CCCc1c2oc(C(N)=O)cc(=O)c2cc2c(=O)cc(C(=O)[O-])oc12.[Na+]. The van der Waals surface area contributed by atoms with E-state index in [4.69, 9.17) is 14.6 Å². The van der Waals surface area contributed by atoms with Gasteiger partial charge in [0.05, 0.1) is 10.8 Å². The van der Waals surface area contributed by atoms with Gasteiger partial charge >= 0.3 is 29.6 Å². The Morgan fingerprint density at radius 3 is 1.96 bits per heavy atom. The molecular weight excluding hydrogens is 353 g/mol. The summed E-state index contributed by atoms with van der Waals surface area (Å²) in [6, 6.07) is 2.99. The zero-order chi connectivity index (χ0) is 18.3. The number of rotatable bonds is 4. The van der Waals surface area contributed by atoms with Crippen LogP contribution in [0.5, 0.6) is 0 Å². The average molecular weight is 365 g/mol. The standard InChI is InChI=1S/C17H13NO7.Na/c1-2-3-7-14-8(10(19)5-12(24-14)16(18)21)4-9-11(20)6-13(17(22)23)25-15(7)9;/h4-6H,2-3H2,1H3,(H2,18,21)(H,22,23);/q;+1/p-1. The number of benzene rings is 1. The fourth-order valence-electron chi connectivity index (χ4n) is 2.67. The Morgan fingerprint density at radius 1 is 1.00 bits per heavy atom. The van der Waals surface area contributed by atoms with Crippen molar-refractivity contribution < 1.29 is 53.1 Å². The first kappa shape index (κ1) is 19.9. The molecule has 0 fully saturated rings. The second-order valence-electron chi connectivity index (χ2n) is 5.46. The fraction of sp³-hybridized carbons (Fsp3) is 0.176. The van der Waals surface area contributed by atoms with Crippen molar-refractivity contribution in [3.63, 3.8) is 0 Å². The monoisotopic (exact) mass is 365 g/mol. The molecule has 8 nitrogen and oxygen atoms in total. The number of fused-ring (bicyclic) bond motifs is 2. The molecule has 3 aromatic rings. The molecule has 0 atom stereocenters. The molecule has 0 aliphatic carbocycles. The molecule has 128 valence electrons. The van der Waals surface area contributed by atoms with Crippen molar-refractivity contribution in [2.24, 2.45) is 5.73 Å².